The number of rotatable bonds is 2. The minimum Gasteiger partial charge on any atom is -0.337 e. The lowest BCUT2D eigenvalue weighted by atomic mass is 10.1. The number of imidazole rings is 1. The number of alkyl halides is 3. The van der Waals surface area contributed by atoms with Crippen LogP contribution in [0.4, 0.5) is 13.2 Å². The zero-order valence-corrected chi connectivity index (χ0v) is 13.2. The minimum atomic E-state index is -4.39. The van der Waals surface area contributed by atoms with Crippen molar-refractivity contribution in [3.05, 3.63) is 44.9 Å². The van der Waals surface area contributed by atoms with Crippen LogP contribution >= 0.6 is 28.1 Å². The predicted molar refractivity (Wildman–Crippen MR) is 77.7 cm³/mol. The maximum absolute atomic E-state index is 12.9. The van der Waals surface area contributed by atoms with Gasteiger partial charge in [-0.2, -0.15) is 13.2 Å². The highest BCUT2D eigenvalue weighted by Gasteiger charge is 2.31. The summed E-state index contributed by atoms with van der Waals surface area (Å²) in [5, 5.41) is 0. The summed E-state index contributed by atoms with van der Waals surface area (Å²) in [6.07, 6.45) is -2.67. The lowest BCUT2D eigenvalue weighted by molar-refractivity contribution is -0.137. The standard InChI is InChI=1S/C13H12BrF3N2S/c1-7(2)11-6-18-12(20)19(11)10-4-8(13(15,16)17)3-9(14)5-10/h3-7H,1-2H3,(H,18,20). The first-order valence-corrected chi connectivity index (χ1v) is 7.08. The van der Waals surface area contributed by atoms with E-state index >= 15 is 0 Å². The number of hydrogen-bond acceptors (Lipinski definition) is 1. The van der Waals surface area contributed by atoms with Crippen LogP contribution in [0.5, 0.6) is 0 Å². The SMILES string of the molecule is CC(C)c1c[nH]c(=S)n1-c1cc(Br)cc(C(F)(F)F)c1. The van der Waals surface area contributed by atoms with Crippen LogP contribution in [-0.2, 0) is 6.18 Å². The number of aromatic nitrogens is 2. The van der Waals surface area contributed by atoms with Crippen molar-refractivity contribution in [2.45, 2.75) is 25.9 Å². The van der Waals surface area contributed by atoms with E-state index in [4.69, 9.17) is 12.2 Å². The third-order valence-electron chi connectivity index (χ3n) is 2.86. The summed E-state index contributed by atoms with van der Waals surface area (Å²) in [6.45, 7) is 3.91. The largest absolute Gasteiger partial charge is 0.416 e. The van der Waals surface area contributed by atoms with Crippen LogP contribution in [0.25, 0.3) is 5.69 Å². The van der Waals surface area contributed by atoms with Crippen LogP contribution in [0.3, 0.4) is 0 Å². The molecule has 0 saturated carbocycles. The van der Waals surface area contributed by atoms with Crippen molar-refractivity contribution in [2.75, 3.05) is 0 Å². The Morgan fingerprint density at radius 2 is 1.90 bits per heavy atom. The molecule has 0 aliphatic heterocycles. The van der Waals surface area contributed by atoms with Crippen molar-refractivity contribution in [2.24, 2.45) is 0 Å². The summed E-state index contributed by atoms with van der Waals surface area (Å²) >= 11 is 8.28. The zero-order valence-electron chi connectivity index (χ0n) is 10.8. The van der Waals surface area contributed by atoms with E-state index in [1.807, 2.05) is 13.8 Å². The fourth-order valence-electron chi connectivity index (χ4n) is 1.94. The number of nitrogens with one attached hydrogen (secondary N) is 1. The van der Waals surface area contributed by atoms with Gasteiger partial charge in [-0.25, -0.2) is 0 Å². The second-order valence-electron chi connectivity index (χ2n) is 4.70. The highest BCUT2D eigenvalue weighted by molar-refractivity contribution is 9.10. The van der Waals surface area contributed by atoms with Gasteiger partial charge < -0.3 is 4.98 Å². The first-order valence-electron chi connectivity index (χ1n) is 5.88. The molecule has 0 amide bonds. The molecule has 1 N–H and O–H groups in total. The second kappa shape index (κ2) is 5.37. The smallest absolute Gasteiger partial charge is 0.337 e. The number of benzene rings is 1. The normalized spacial score (nSPS) is 12.2. The Hall–Kier alpha value is -1.08. The fourth-order valence-corrected chi connectivity index (χ4v) is 2.69. The molecule has 2 nitrogen and oxygen atoms in total. The average Bonchev–Trinajstić information content (AvgIpc) is 2.69. The lowest BCUT2D eigenvalue weighted by Crippen LogP contribution is -2.08. The quantitative estimate of drug-likeness (QED) is 0.703. The Morgan fingerprint density at radius 1 is 1.25 bits per heavy atom. The van der Waals surface area contributed by atoms with Gasteiger partial charge in [0.2, 0.25) is 0 Å². The van der Waals surface area contributed by atoms with Gasteiger partial charge >= 0.3 is 6.18 Å². The molecule has 0 spiro atoms. The van der Waals surface area contributed by atoms with Crippen LogP contribution in [0.15, 0.2) is 28.9 Å². The van der Waals surface area contributed by atoms with Crippen LogP contribution in [0.2, 0.25) is 0 Å². The molecule has 1 aromatic heterocycles. The van der Waals surface area contributed by atoms with Gasteiger partial charge in [0.05, 0.1) is 5.56 Å². The Labute approximate surface area is 127 Å². The van der Waals surface area contributed by atoms with Crippen molar-refractivity contribution in [1.82, 2.24) is 9.55 Å². The highest BCUT2D eigenvalue weighted by Crippen LogP contribution is 2.33. The van der Waals surface area contributed by atoms with Crippen molar-refractivity contribution >= 4 is 28.1 Å². The molecule has 2 rings (SSSR count). The number of hydrogen-bond donors (Lipinski definition) is 1. The molecule has 20 heavy (non-hydrogen) atoms. The molecule has 0 radical (unpaired) electrons. The first-order chi connectivity index (χ1) is 9.20. The molecule has 0 saturated heterocycles. The maximum Gasteiger partial charge on any atom is 0.416 e. The highest BCUT2D eigenvalue weighted by atomic mass is 79.9. The fraction of sp³-hybridized carbons (Fsp3) is 0.308. The summed E-state index contributed by atoms with van der Waals surface area (Å²) in [4.78, 5) is 2.88. The van der Waals surface area contributed by atoms with E-state index in [9.17, 15) is 13.2 Å². The van der Waals surface area contributed by atoms with E-state index in [-0.39, 0.29) is 5.92 Å². The summed E-state index contributed by atoms with van der Waals surface area (Å²) in [7, 11) is 0. The molecule has 0 unspecified atom stereocenters. The van der Waals surface area contributed by atoms with Crippen molar-refractivity contribution in [3.8, 4) is 5.69 Å². The van der Waals surface area contributed by atoms with E-state index in [0.717, 1.165) is 17.8 Å². The van der Waals surface area contributed by atoms with Crippen LogP contribution < -0.4 is 0 Å². The molecule has 0 bridgehead atoms. The summed E-state index contributed by atoms with van der Waals surface area (Å²) in [5.41, 5.74) is 0.516. The van der Waals surface area contributed by atoms with Gasteiger partial charge in [0.1, 0.15) is 0 Å². The third kappa shape index (κ3) is 2.98. The molecule has 1 aromatic carbocycles. The maximum atomic E-state index is 12.9. The van der Waals surface area contributed by atoms with E-state index in [2.05, 4.69) is 20.9 Å². The van der Waals surface area contributed by atoms with E-state index in [1.54, 1.807) is 16.8 Å². The number of halogens is 4. The van der Waals surface area contributed by atoms with E-state index in [1.165, 1.54) is 0 Å². The number of H-pyrrole nitrogens is 1. The average molecular weight is 365 g/mol. The van der Waals surface area contributed by atoms with Gasteiger partial charge in [-0.3, -0.25) is 4.57 Å². The summed E-state index contributed by atoms with van der Waals surface area (Å²) in [6, 6.07) is 3.76. The van der Waals surface area contributed by atoms with Gasteiger partial charge in [-0.05, 0) is 36.3 Å². The van der Waals surface area contributed by atoms with Gasteiger partial charge in [-0.15, -0.1) is 0 Å². The van der Waals surface area contributed by atoms with Gasteiger partial charge in [0, 0.05) is 22.1 Å². The lowest BCUT2D eigenvalue weighted by Gasteiger charge is -2.14. The van der Waals surface area contributed by atoms with E-state index < -0.39 is 11.7 Å². The molecule has 7 heteroatoms. The zero-order chi connectivity index (χ0) is 15.1. The molecule has 0 aliphatic carbocycles. The number of aromatic amines is 1. The summed E-state index contributed by atoms with van der Waals surface area (Å²) < 4.78 is 41.0. The molecule has 0 atom stereocenters. The molecule has 1 heterocycles. The Kier molecular flexibility index (Phi) is 4.11. The molecule has 108 valence electrons. The number of nitrogens with zero attached hydrogens (tertiary/aromatic N) is 1. The first kappa shape index (κ1) is 15.3. The predicted octanol–water partition coefficient (Wildman–Crippen LogP) is 5.44. The molecular formula is C13H12BrF3N2S. The monoisotopic (exact) mass is 364 g/mol. The molecule has 0 aliphatic rings. The molecule has 0 fully saturated rings. The molecule has 2 aromatic rings. The Bertz CT molecular complexity index is 686. The minimum absolute atomic E-state index is 0.135. The summed E-state index contributed by atoms with van der Waals surface area (Å²) in [5.74, 6) is 0.135. The van der Waals surface area contributed by atoms with Gasteiger partial charge in [0.25, 0.3) is 0 Å². The molecular weight excluding hydrogens is 353 g/mol. The third-order valence-corrected chi connectivity index (χ3v) is 3.62. The topological polar surface area (TPSA) is 20.7 Å². The Balaban J connectivity index is 2.68. The van der Waals surface area contributed by atoms with Crippen LogP contribution in [-0.4, -0.2) is 9.55 Å². The van der Waals surface area contributed by atoms with Crippen molar-refractivity contribution in [1.29, 1.82) is 0 Å². The second-order valence-corrected chi connectivity index (χ2v) is 6.01. The van der Waals surface area contributed by atoms with E-state index in [0.29, 0.717) is 14.9 Å². The van der Waals surface area contributed by atoms with Gasteiger partial charge in [0.15, 0.2) is 4.77 Å². The van der Waals surface area contributed by atoms with Crippen LogP contribution in [0, 0.1) is 4.77 Å². The van der Waals surface area contributed by atoms with Gasteiger partial charge in [-0.1, -0.05) is 29.8 Å². The Morgan fingerprint density at radius 3 is 2.45 bits per heavy atom. The van der Waals surface area contributed by atoms with Crippen molar-refractivity contribution < 1.29 is 13.2 Å². The van der Waals surface area contributed by atoms with Crippen molar-refractivity contribution in [3.63, 3.8) is 0 Å². The van der Waals surface area contributed by atoms with Crippen LogP contribution in [0.1, 0.15) is 31.0 Å².